The Labute approximate surface area is 321 Å². The third-order valence-electron chi connectivity index (χ3n) is 11.7. The number of rotatable bonds is 3. The highest BCUT2D eigenvalue weighted by Crippen LogP contribution is 2.58. The molecule has 56 heavy (non-hydrogen) atoms. The quantitative estimate of drug-likeness (QED) is 0.182. The van der Waals surface area contributed by atoms with Gasteiger partial charge < -0.3 is 4.42 Å². The number of furan rings is 1. The van der Waals surface area contributed by atoms with Crippen LogP contribution in [0.3, 0.4) is 0 Å². The van der Waals surface area contributed by atoms with Gasteiger partial charge in [-0.1, -0.05) is 140 Å². The Bertz CT molecular complexity index is 3390. The van der Waals surface area contributed by atoms with E-state index in [1.165, 1.54) is 27.8 Å². The summed E-state index contributed by atoms with van der Waals surface area (Å²) in [7, 11) is 0. The van der Waals surface area contributed by atoms with Crippen LogP contribution in [-0.2, 0) is 5.41 Å². The Morgan fingerprint density at radius 3 is 1.98 bits per heavy atom. The molecule has 5 heteroatoms. The van der Waals surface area contributed by atoms with Crippen molar-refractivity contribution in [1.29, 1.82) is 0 Å². The second-order valence-electron chi connectivity index (χ2n) is 14.6. The molecule has 0 atom stereocenters. The number of benzene rings is 7. The van der Waals surface area contributed by atoms with Gasteiger partial charge in [0.2, 0.25) is 0 Å². The van der Waals surface area contributed by atoms with E-state index in [1.807, 2.05) is 24.5 Å². The molecule has 7 aromatic carbocycles. The summed E-state index contributed by atoms with van der Waals surface area (Å²) in [5, 5.41) is 8.02. The van der Waals surface area contributed by atoms with Crippen molar-refractivity contribution in [3.63, 3.8) is 0 Å². The summed E-state index contributed by atoms with van der Waals surface area (Å²) in [6.07, 6.45) is 3.80. The van der Waals surface area contributed by atoms with Gasteiger partial charge in [-0.3, -0.25) is 4.98 Å². The molecular weight excluding hydrogens is 685 g/mol. The molecule has 0 N–H and O–H groups in total. The second-order valence-corrected chi connectivity index (χ2v) is 14.6. The lowest BCUT2D eigenvalue weighted by molar-refractivity contribution is 0.669. The molecule has 0 saturated heterocycles. The van der Waals surface area contributed by atoms with Gasteiger partial charge in [-0.2, -0.15) is 0 Å². The van der Waals surface area contributed by atoms with Gasteiger partial charge >= 0.3 is 0 Å². The fourth-order valence-corrected chi connectivity index (χ4v) is 9.31. The zero-order valence-corrected chi connectivity index (χ0v) is 30.0. The predicted octanol–water partition coefficient (Wildman–Crippen LogP) is 12.4. The number of aromatic nitrogens is 4. The molecular formula is C51H30N4O. The summed E-state index contributed by atoms with van der Waals surface area (Å²) in [6, 6.07) is 60.2. The number of hydrogen-bond donors (Lipinski definition) is 0. The van der Waals surface area contributed by atoms with E-state index in [9.17, 15) is 0 Å². The lowest BCUT2D eigenvalue weighted by Crippen LogP contribution is -2.28. The maximum absolute atomic E-state index is 6.48. The Morgan fingerprint density at radius 2 is 1.12 bits per heavy atom. The van der Waals surface area contributed by atoms with Gasteiger partial charge in [0.05, 0.1) is 5.41 Å². The summed E-state index contributed by atoms with van der Waals surface area (Å²) in [6.45, 7) is 0. The summed E-state index contributed by atoms with van der Waals surface area (Å²) in [5.74, 6) is 0.612. The molecule has 0 saturated carbocycles. The van der Waals surface area contributed by atoms with E-state index in [4.69, 9.17) is 19.4 Å². The van der Waals surface area contributed by atoms with Crippen molar-refractivity contribution >= 4 is 65.6 Å². The van der Waals surface area contributed by atoms with Crippen molar-refractivity contribution in [3.8, 4) is 22.5 Å². The summed E-state index contributed by atoms with van der Waals surface area (Å²) < 4.78 is 6.48. The Hall–Kier alpha value is -7.50. The monoisotopic (exact) mass is 714 g/mol. The average Bonchev–Trinajstić information content (AvgIpc) is 3.80. The smallest absolute Gasteiger partial charge is 0.164 e. The average molecular weight is 715 g/mol. The Kier molecular flexibility index (Phi) is 6.48. The maximum atomic E-state index is 6.48. The third kappa shape index (κ3) is 4.31. The SMILES string of the molecule is c1ccc(C2(c3ccccc3)c3ccccc3-c3c(-c4nc5nc(n4)c4cccc6oc7ccc(cc7c64)c4ccncc4c4cccc5c4)cccc32)cc1. The van der Waals surface area contributed by atoms with Crippen LogP contribution in [0.15, 0.2) is 187 Å². The minimum Gasteiger partial charge on any atom is -0.456 e. The molecule has 0 amide bonds. The van der Waals surface area contributed by atoms with Gasteiger partial charge in [0.25, 0.3) is 0 Å². The van der Waals surface area contributed by atoms with Crippen LogP contribution in [-0.4, -0.2) is 19.9 Å². The Morgan fingerprint density at radius 1 is 0.429 bits per heavy atom. The minimum absolute atomic E-state index is 0.548. The van der Waals surface area contributed by atoms with E-state index in [0.717, 1.165) is 65.4 Å². The van der Waals surface area contributed by atoms with Gasteiger partial charge in [-0.25, -0.2) is 15.0 Å². The molecule has 0 aliphatic heterocycles. The molecule has 11 aromatic rings. The minimum atomic E-state index is -0.548. The predicted molar refractivity (Wildman–Crippen MR) is 226 cm³/mol. The molecule has 4 heterocycles. The van der Waals surface area contributed by atoms with Gasteiger partial charge in [-0.15, -0.1) is 0 Å². The van der Waals surface area contributed by atoms with Crippen LogP contribution in [0.1, 0.15) is 22.3 Å². The third-order valence-corrected chi connectivity index (χ3v) is 11.7. The largest absolute Gasteiger partial charge is 0.456 e. The number of fused-ring (bicyclic) bond motifs is 13. The molecule has 0 radical (unpaired) electrons. The highest BCUT2D eigenvalue weighted by atomic mass is 16.3. The first-order valence-electron chi connectivity index (χ1n) is 18.9. The van der Waals surface area contributed by atoms with E-state index in [-0.39, 0.29) is 0 Å². The molecule has 4 aromatic heterocycles. The van der Waals surface area contributed by atoms with Crippen LogP contribution in [0.25, 0.3) is 88.1 Å². The first-order chi connectivity index (χ1) is 27.8. The molecule has 260 valence electrons. The first-order valence-corrected chi connectivity index (χ1v) is 18.9. The van der Waals surface area contributed by atoms with Gasteiger partial charge in [0.15, 0.2) is 17.1 Å². The van der Waals surface area contributed by atoms with E-state index in [0.29, 0.717) is 17.1 Å². The van der Waals surface area contributed by atoms with Crippen LogP contribution in [0, 0.1) is 0 Å². The van der Waals surface area contributed by atoms with E-state index in [1.54, 1.807) is 0 Å². The van der Waals surface area contributed by atoms with Crippen molar-refractivity contribution in [2.24, 2.45) is 0 Å². The maximum Gasteiger partial charge on any atom is 0.164 e. The number of pyridine rings is 1. The van der Waals surface area contributed by atoms with Crippen molar-refractivity contribution in [3.05, 3.63) is 205 Å². The van der Waals surface area contributed by atoms with E-state index in [2.05, 4.69) is 163 Å². The van der Waals surface area contributed by atoms with E-state index >= 15 is 0 Å². The molecule has 6 bridgehead atoms. The second kappa shape index (κ2) is 11.7. The number of hydrogen-bond acceptors (Lipinski definition) is 5. The van der Waals surface area contributed by atoms with Crippen molar-refractivity contribution in [1.82, 2.24) is 19.9 Å². The van der Waals surface area contributed by atoms with Crippen molar-refractivity contribution in [2.75, 3.05) is 0 Å². The number of nitrogens with zero attached hydrogens (tertiary/aromatic N) is 4. The fraction of sp³-hybridized carbons (Fsp3) is 0.0196. The molecule has 1 aliphatic carbocycles. The normalized spacial score (nSPS) is 13.1. The van der Waals surface area contributed by atoms with Crippen molar-refractivity contribution < 1.29 is 4.42 Å². The topological polar surface area (TPSA) is 64.7 Å². The van der Waals surface area contributed by atoms with Gasteiger partial charge in [0, 0.05) is 44.9 Å². The lowest BCUT2D eigenvalue weighted by atomic mass is 9.67. The molecule has 1 aliphatic rings. The zero-order valence-electron chi connectivity index (χ0n) is 30.0. The molecule has 0 fully saturated rings. The highest BCUT2D eigenvalue weighted by molar-refractivity contribution is 6.19. The highest BCUT2D eigenvalue weighted by Gasteiger charge is 2.47. The first kappa shape index (κ1) is 30.9. The fourth-order valence-electron chi connectivity index (χ4n) is 9.31. The Balaban J connectivity index is 1.25. The van der Waals surface area contributed by atoms with E-state index < -0.39 is 5.41 Å². The van der Waals surface area contributed by atoms with Crippen LogP contribution < -0.4 is 0 Å². The summed E-state index contributed by atoms with van der Waals surface area (Å²) in [5.41, 5.74) is 10.3. The molecule has 0 spiro atoms. The molecule has 5 nitrogen and oxygen atoms in total. The summed E-state index contributed by atoms with van der Waals surface area (Å²) in [4.78, 5) is 20.6. The van der Waals surface area contributed by atoms with Crippen molar-refractivity contribution in [2.45, 2.75) is 5.41 Å². The zero-order chi connectivity index (χ0) is 36.8. The van der Waals surface area contributed by atoms with Crippen LogP contribution >= 0.6 is 0 Å². The van der Waals surface area contributed by atoms with Gasteiger partial charge in [0.1, 0.15) is 11.2 Å². The van der Waals surface area contributed by atoms with Crippen LogP contribution in [0.2, 0.25) is 0 Å². The molecule has 12 rings (SSSR count). The van der Waals surface area contributed by atoms with Crippen LogP contribution in [0.4, 0.5) is 0 Å². The van der Waals surface area contributed by atoms with Crippen LogP contribution in [0.5, 0.6) is 0 Å². The lowest BCUT2D eigenvalue weighted by Gasteiger charge is -2.33. The summed E-state index contributed by atoms with van der Waals surface area (Å²) >= 11 is 0. The molecule has 0 unspecified atom stereocenters. The standard InChI is InChI=1S/C51H30N4O/c1-3-14-34(15-4-1)51(35-16-5-2-6-17-35)42-21-8-7-18-37(42)46-38(19-10-22-43(46)51)49-53-48-33-13-9-12-31(28-33)41-30-52-27-26-36(41)32-24-25-44-40(29-32)47-39(50(54-48)55-49)20-11-23-45(47)56-44/h1-30H. The van der Waals surface area contributed by atoms with Gasteiger partial charge in [-0.05, 0) is 79.9 Å².